The molecule has 3 rings (SSSR count). The van der Waals surface area contributed by atoms with Gasteiger partial charge in [-0.2, -0.15) is 0 Å². The lowest BCUT2D eigenvalue weighted by atomic mass is 9.91. The zero-order chi connectivity index (χ0) is 16.9. The van der Waals surface area contributed by atoms with Gasteiger partial charge in [-0.25, -0.2) is 9.97 Å². The number of hydrogen-bond acceptors (Lipinski definition) is 5. The number of carbonyl (C=O) groups is 1. The van der Waals surface area contributed by atoms with Crippen LogP contribution in [0, 0.1) is 0 Å². The molecule has 0 radical (unpaired) electrons. The Hall–Kier alpha value is -2.63. The van der Waals surface area contributed by atoms with E-state index < -0.39 is 0 Å². The van der Waals surface area contributed by atoms with Gasteiger partial charge in [-0.15, -0.1) is 0 Å². The van der Waals surface area contributed by atoms with Gasteiger partial charge in [0.2, 0.25) is 5.88 Å². The van der Waals surface area contributed by atoms with E-state index in [1.165, 1.54) is 12.7 Å². The van der Waals surface area contributed by atoms with Crippen molar-refractivity contribution in [1.82, 2.24) is 14.9 Å². The molecular weight excluding hydrogens is 304 g/mol. The summed E-state index contributed by atoms with van der Waals surface area (Å²) in [6.07, 6.45) is 5.49. The summed E-state index contributed by atoms with van der Waals surface area (Å²) < 4.78 is 5.22. The van der Waals surface area contributed by atoms with E-state index in [9.17, 15) is 4.79 Å². The Bertz CT molecular complexity index is 720. The van der Waals surface area contributed by atoms with E-state index >= 15 is 0 Å². The van der Waals surface area contributed by atoms with Gasteiger partial charge in [-0.1, -0.05) is 0 Å². The molecule has 2 aromatic rings. The number of hydrogen-bond donors (Lipinski definition) is 1. The first kappa shape index (κ1) is 16.2. The molecule has 0 aromatic carbocycles. The van der Waals surface area contributed by atoms with Crippen molar-refractivity contribution in [3.63, 3.8) is 0 Å². The monoisotopic (exact) mass is 326 g/mol. The Balaban J connectivity index is 1.79. The van der Waals surface area contributed by atoms with Crippen LogP contribution in [0.1, 0.15) is 34.7 Å². The minimum Gasteiger partial charge on any atom is -0.480 e. The third kappa shape index (κ3) is 3.32. The number of anilines is 1. The van der Waals surface area contributed by atoms with Gasteiger partial charge in [0.05, 0.1) is 7.11 Å². The third-order valence-corrected chi connectivity index (χ3v) is 4.42. The molecule has 1 atom stereocenters. The summed E-state index contributed by atoms with van der Waals surface area (Å²) in [5, 5.41) is 3.06. The third-order valence-electron chi connectivity index (χ3n) is 4.42. The molecule has 1 saturated heterocycles. The quantitative estimate of drug-likeness (QED) is 0.935. The number of piperidine rings is 1. The molecule has 1 amide bonds. The van der Waals surface area contributed by atoms with Crippen LogP contribution in [0.5, 0.6) is 5.88 Å². The highest BCUT2D eigenvalue weighted by Crippen LogP contribution is 2.29. The minimum absolute atomic E-state index is 0.0208. The van der Waals surface area contributed by atoms with Gasteiger partial charge in [0.15, 0.2) is 0 Å². The molecule has 0 unspecified atom stereocenters. The summed E-state index contributed by atoms with van der Waals surface area (Å²) in [4.78, 5) is 23.1. The molecule has 126 valence electrons. The first-order valence-corrected chi connectivity index (χ1v) is 8.15. The summed E-state index contributed by atoms with van der Waals surface area (Å²) in [5.74, 6) is 1.53. The van der Waals surface area contributed by atoms with Crippen LogP contribution in [0.25, 0.3) is 0 Å². The second kappa shape index (κ2) is 7.29. The van der Waals surface area contributed by atoms with Gasteiger partial charge in [-0.3, -0.25) is 4.79 Å². The highest BCUT2D eigenvalue weighted by atomic mass is 16.5. The SMILES string of the molecule is CNc1cc([C@H]2CCCN(C(=O)c3cccnc3OC)C2)ccn1. The lowest BCUT2D eigenvalue weighted by molar-refractivity contribution is 0.0703. The van der Waals surface area contributed by atoms with Gasteiger partial charge >= 0.3 is 0 Å². The van der Waals surface area contributed by atoms with Crippen molar-refractivity contribution in [2.75, 3.05) is 32.6 Å². The molecule has 24 heavy (non-hydrogen) atoms. The summed E-state index contributed by atoms with van der Waals surface area (Å²) in [7, 11) is 3.39. The number of pyridine rings is 2. The first-order chi connectivity index (χ1) is 11.7. The Morgan fingerprint density at radius 2 is 2.21 bits per heavy atom. The second-order valence-electron chi connectivity index (χ2n) is 5.87. The number of ether oxygens (including phenoxy) is 1. The summed E-state index contributed by atoms with van der Waals surface area (Å²) in [5.41, 5.74) is 1.73. The van der Waals surface area contributed by atoms with Crippen molar-refractivity contribution >= 4 is 11.7 Å². The molecule has 0 saturated carbocycles. The molecule has 1 N–H and O–H groups in total. The van der Waals surface area contributed by atoms with E-state index in [1.54, 1.807) is 18.3 Å². The lowest BCUT2D eigenvalue weighted by Crippen LogP contribution is -2.39. The Labute approximate surface area is 141 Å². The molecule has 2 aromatic heterocycles. The number of nitrogens with one attached hydrogen (secondary N) is 1. The average molecular weight is 326 g/mol. The van der Waals surface area contributed by atoms with E-state index in [0.29, 0.717) is 23.9 Å². The Morgan fingerprint density at radius 1 is 1.33 bits per heavy atom. The van der Waals surface area contributed by atoms with Crippen LogP contribution in [0.3, 0.4) is 0 Å². The van der Waals surface area contributed by atoms with Crippen molar-refractivity contribution < 1.29 is 9.53 Å². The largest absolute Gasteiger partial charge is 0.480 e. The Kier molecular flexibility index (Phi) is 4.93. The standard InChI is InChI=1S/C18H22N4O2/c1-19-16-11-13(7-9-20-16)14-5-4-10-22(12-14)18(23)15-6-3-8-21-17(15)24-2/h3,6-9,11,14H,4-5,10,12H2,1-2H3,(H,19,20)/t14-/m0/s1. The molecule has 1 aliphatic rings. The van der Waals surface area contributed by atoms with E-state index in [-0.39, 0.29) is 5.91 Å². The number of likely N-dealkylation sites (tertiary alicyclic amines) is 1. The zero-order valence-electron chi connectivity index (χ0n) is 14.0. The van der Waals surface area contributed by atoms with Crippen LogP contribution < -0.4 is 10.1 Å². The number of carbonyl (C=O) groups excluding carboxylic acids is 1. The van der Waals surface area contributed by atoms with Crippen molar-refractivity contribution in [3.8, 4) is 5.88 Å². The highest BCUT2D eigenvalue weighted by Gasteiger charge is 2.27. The summed E-state index contributed by atoms with van der Waals surface area (Å²) in [6, 6.07) is 7.62. The second-order valence-corrected chi connectivity index (χ2v) is 5.87. The van der Waals surface area contributed by atoms with Gasteiger partial charge in [0.25, 0.3) is 5.91 Å². The molecule has 3 heterocycles. The van der Waals surface area contributed by atoms with Crippen LogP contribution >= 0.6 is 0 Å². The molecule has 0 spiro atoms. The lowest BCUT2D eigenvalue weighted by Gasteiger charge is -2.33. The van der Waals surface area contributed by atoms with E-state index in [0.717, 1.165) is 25.2 Å². The fourth-order valence-electron chi connectivity index (χ4n) is 3.16. The van der Waals surface area contributed by atoms with E-state index in [2.05, 4.69) is 21.4 Å². The van der Waals surface area contributed by atoms with Crippen LogP contribution in [0.4, 0.5) is 5.82 Å². The maximum absolute atomic E-state index is 12.9. The molecule has 1 fully saturated rings. The van der Waals surface area contributed by atoms with Crippen LogP contribution in [0.2, 0.25) is 0 Å². The van der Waals surface area contributed by atoms with Gasteiger partial charge < -0.3 is 15.0 Å². The molecule has 0 bridgehead atoms. The fourth-order valence-corrected chi connectivity index (χ4v) is 3.16. The molecule has 0 aliphatic carbocycles. The summed E-state index contributed by atoms with van der Waals surface area (Å²) in [6.45, 7) is 1.46. The maximum atomic E-state index is 12.9. The number of amides is 1. The number of rotatable bonds is 4. The first-order valence-electron chi connectivity index (χ1n) is 8.15. The van der Waals surface area contributed by atoms with Crippen molar-refractivity contribution in [2.45, 2.75) is 18.8 Å². The topological polar surface area (TPSA) is 67.4 Å². The Morgan fingerprint density at radius 3 is 3.00 bits per heavy atom. The summed E-state index contributed by atoms with van der Waals surface area (Å²) >= 11 is 0. The van der Waals surface area contributed by atoms with Crippen molar-refractivity contribution in [2.24, 2.45) is 0 Å². The van der Waals surface area contributed by atoms with Crippen LogP contribution in [-0.4, -0.2) is 48.0 Å². The van der Waals surface area contributed by atoms with Gasteiger partial charge in [0, 0.05) is 38.4 Å². The fraction of sp³-hybridized carbons (Fsp3) is 0.389. The normalized spacial score (nSPS) is 17.4. The minimum atomic E-state index is -0.0208. The van der Waals surface area contributed by atoms with E-state index in [4.69, 9.17) is 4.74 Å². The van der Waals surface area contributed by atoms with Crippen LogP contribution in [0.15, 0.2) is 36.7 Å². The molecule has 1 aliphatic heterocycles. The average Bonchev–Trinajstić information content (AvgIpc) is 2.67. The smallest absolute Gasteiger partial charge is 0.259 e. The highest BCUT2D eigenvalue weighted by molar-refractivity contribution is 5.96. The van der Waals surface area contributed by atoms with Crippen LogP contribution in [-0.2, 0) is 0 Å². The maximum Gasteiger partial charge on any atom is 0.259 e. The number of nitrogens with zero attached hydrogens (tertiary/aromatic N) is 3. The van der Waals surface area contributed by atoms with Crippen molar-refractivity contribution in [3.05, 3.63) is 47.8 Å². The van der Waals surface area contributed by atoms with Crippen molar-refractivity contribution in [1.29, 1.82) is 0 Å². The van der Waals surface area contributed by atoms with Gasteiger partial charge in [0.1, 0.15) is 11.4 Å². The number of aromatic nitrogens is 2. The van der Waals surface area contributed by atoms with E-state index in [1.807, 2.05) is 24.2 Å². The predicted octanol–water partition coefficient (Wildman–Crippen LogP) is 2.55. The van der Waals surface area contributed by atoms with Gasteiger partial charge in [-0.05, 0) is 42.7 Å². The zero-order valence-corrected chi connectivity index (χ0v) is 14.0. The molecular formula is C18H22N4O2. The molecule has 6 heteroatoms. The molecule has 6 nitrogen and oxygen atoms in total. The number of methoxy groups -OCH3 is 1. The predicted molar refractivity (Wildman–Crippen MR) is 92.5 cm³/mol.